The standard InChI is InChI=1S/C29H32BrNO6/c1-3-35-29(33)24-13-15-25(16-14-24)36-20-18-31(21-22-9-11-23(12-10-22)28(32)34-2)26-7-4-5-8-27(26)37-19-6-17-30/h4-5,7-16H,3,6,17-21H2,1-2H3. The number of hydrogen-bond donors (Lipinski definition) is 0. The van der Waals surface area contributed by atoms with Gasteiger partial charge >= 0.3 is 11.9 Å². The number of hydrogen-bond acceptors (Lipinski definition) is 7. The summed E-state index contributed by atoms with van der Waals surface area (Å²) in [5.41, 5.74) is 2.98. The average Bonchev–Trinajstić information content (AvgIpc) is 2.93. The highest BCUT2D eigenvalue weighted by Gasteiger charge is 2.15. The van der Waals surface area contributed by atoms with E-state index in [1.807, 2.05) is 36.4 Å². The summed E-state index contributed by atoms with van der Waals surface area (Å²) in [7, 11) is 1.37. The van der Waals surface area contributed by atoms with Gasteiger partial charge in [-0.25, -0.2) is 9.59 Å². The fourth-order valence-corrected chi connectivity index (χ4v) is 3.85. The van der Waals surface area contributed by atoms with Crippen LogP contribution < -0.4 is 14.4 Å². The molecule has 7 nitrogen and oxygen atoms in total. The van der Waals surface area contributed by atoms with E-state index in [-0.39, 0.29) is 11.9 Å². The molecule has 0 aliphatic carbocycles. The van der Waals surface area contributed by atoms with Crippen LogP contribution in [0.4, 0.5) is 5.69 Å². The second-order valence-electron chi connectivity index (χ2n) is 8.06. The lowest BCUT2D eigenvalue weighted by Gasteiger charge is -2.27. The highest BCUT2D eigenvalue weighted by molar-refractivity contribution is 9.09. The zero-order chi connectivity index (χ0) is 26.5. The average molecular weight is 570 g/mol. The number of anilines is 1. The van der Waals surface area contributed by atoms with Gasteiger partial charge in [-0.1, -0.05) is 40.2 Å². The minimum Gasteiger partial charge on any atom is -0.492 e. The Kier molecular flexibility index (Phi) is 11.3. The quantitative estimate of drug-likeness (QED) is 0.136. The molecule has 0 bridgehead atoms. The lowest BCUT2D eigenvalue weighted by Crippen LogP contribution is -2.28. The number of rotatable bonds is 14. The van der Waals surface area contributed by atoms with Gasteiger partial charge in [0.25, 0.3) is 0 Å². The second kappa shape index (κ2) is 14.9. The summed E-state index contributed by atoms with van der Waals surface area (Å²) in [4.78, 5) is 25.9. The Labute approximate surface area is 226 Å². The van der Waals surface area contributed by atoms with Crippen molar-refractivity contribution in [2.45, 2.75) is 19.9 Å². The third-order valence-corrected chi connectivity index (χ3v) is 6.05. The summed E-state index contributed by atoms with van der Waals surface area (Å²) in [5, 5.41) is 0.869. The van der Waals surface area contributed by atoms with E-state index in [1.54, 1.807) is 43.3 Å². The summed E-state index contributed by atoms with van der Waals surface area (Å²) in [5.74, 6) is 0.747. The molecule has 196 valence electrons. The molecular formula is C29H32BrNO6. The molecule has 0 aliphatic rings. The Hall–Kier alpha value is -3.52. The minimum atomic E-state index is -0.365. The number of methoxy groups -OCH3 is 1. The molecule has 0 atom stereocenters. The van der Waals surface area contributed by atoms with Crippen LogP contribution in [-0.2, 0) is 16.0 Å². The van der Waals surface area contributed by atoms with Crippen molar-refractivity contribution < 1.29 is 28.5 Å². The van der Waals surface area contributed by atoms with Crippen LogP contribution in [0.2, 0.25) is 0 Å². The third-order valence-electron chi connectivity index (χ3n) is 5.49. The monoisotopic (exact) mass is 569 g/mol. The molecule has 0 heterocycles. The van der Waals surface area contributed by atoms with E-state index in [0.717, 1.165) is 28.8 Å². The molecular weight excluding hydrogens is 538 g/mol. The van der Waals surface area contributed by atoms with Gasteiger partial charge in [0.05, 0.1) is 43.7 Å². The van der Waals surface area contributed by atoms with Gasteiger partial charge in [-0.15, -0.1) is 0 Å². The van der Waals surface area contributed by atoms with Crippen molar-refractivity contribution in [1.29, 1.82) is 0 Å². The number of nitrogens with zero attached hydrogens (tertiary/aromatic N) is 1. The zero-order valence-corrected chi connectivity index (χ0v) is 22.7. The summed E-state index contributed by atoms with van der Waals surface area (Å²) in [6.07, 6.45) is 0.897. The Bertz CT molecular complexity index is 1130. The van der Waals surface area contributed by atoms with E-state index >= 15 is 0 Å². The third kappa shape index (κ3) is 8.53. The predicted molar refractivity (Wildman–Crippen MR) is 147 cm³/mol. The van der Waals surface area contributed by atoms with Crippen molar-refractivity contribution in [3.05, 3.63) is 89.5 Å². The van der Waals surface area contributed by atoms with E-state index in [2.05, 4.69) is 20.8 Å². The SMILES string of the molecule is CCOC(=O)c1ccc(OCCN(Cc2ccc(C(=O)OC)cc2)c2ccccc2OCCCBr)cc1. The maximum absolute atomic E-state index is 11.9. The Morgan fingerprint density at radius 3 is 2.19 bits per heavy atom. The van der Waals surface area contributed by atoms with Crippen LogP contribution in [0.25, 0.3) is 0 Å². The van der Waals surface area contributed by atoms with Crippen molar-refractivity contribution in [2.75, 3.05) is 43.7 Å². The molecule has 0 N–H and O–H groups in total. The number of ether oxygens (including phenoxy) is 4. The molecule has 3 aromatic rings. The fourth-order valence-electron chi connectivity index (χ4n) is 3.62. The first-order chi connectivity index (χ1) is 18.0. The van der Waals surface area contributed by atoms with Crippen LogP contribution in [0.15, 0.2) is 72.8 Å². The van der Waals surface area contributed by atoms with Crippen molar-refractivity contribution in [3.8, 4) is 11.5 Å². The minimum absolute atomic E-state index is 0.333. The van der Waals surface area contributed by atoms with E-state index < -0.39 is 0 Å². The number of esters is 2. The molecule has 0 saturated carbocycles. The first-order valence-electron chi connectivity index (χ1n) is 12.2. The number of benzene rings is 3. The summed E-state index contributed by atoms with van der Waals surface area (Å²) in [6, 6.07) is 22.2. The summed E-state index contributed by atoms with van der Waals surface area (Å²) >= 11 is 3.45. The van der Waals surface area contributed by atoms with Gasteiger partial charge < -0.3 is 23.8 Å². The van der Waals surface area contributed by atoms with Crippen molar-refractivity contribution in [2.24, 2.45) is 0 Å². The van der Waals surface area contributed by atoms with E-state index in [9.17, 15) is 9.59 Å². The van der Waals surface area contributed by atoms with Crippen LogP contribution in [-0.4, -0.2) is 50.7 Å². The number of para-hydroxylation sites is 2. The summed E-state index contributed by atoms with van der Waals surface area (Å²) in [6.45, 7) is 4.30. The molecule has 0 aliphatic heterocycles. The smallest absolute Gasteiger partial charge is 0.338 e. The molecule has 0 amide bonds. The molecule has 0 saturated heterocycles. The van der Waals surface area contributed by atoms with E-state index in [1.165, 1.54) is 7.11 Å². The Morgan fingerprint density at radius 2 is 1.51 bits per heavy atom. The van der Waals surface area contributed by atoms with Crippen molar-refractivity contribution in [3.63, 3.8) is 0 Å². The van der Waals surface area contributed by atoms with Gasteiger partial charge in [0.2, 0.25) is 0 Å². The molecule has 0 unspecified atom stereocenters. The van der Waals surface area contributed by atoms with Gasteiger partial charge in [0.1, 0.15) is 18.1 Å². The fraction of sp³-hybridized carbons (Fsp3) is 0.310. The lowest BCUT2D eigenvalue weighted by atomic mass is 10.1. The predicted octanol–water partition coefficient (Wildman–Crippen LogP) is 5.90. The molecule has 0 spiro atoms. The molecule has 8 heteroatoms. The molecule has 3 aromatic carbocycles. The zero-order valence-electron chi connectivity index (χ0n) is 21.2. The Balaban J connectivity index is 1.74. The highest BCUT2D eigenvalue weighted by atomic mass is 79.9. The normalized spacial score (nSPS) is 10.5. The van der Waals surface area contributed by atoms with Crippen LogP contribution in [0.5, 0.6) is 11.5 Å². The maximum atomic E-state index is 11.9. The Morgan fingerprint density at radius 1 is 0.838 bits per heavy atom. The van der Waals surface area contributed by atoms with Gasteiger partial charge in [-0.3, -0.25) is 0 Å². The molecule has 3 rings (SSSR count). The van der Waals surface area contributed by atoms with Gasteiger partial charge in [0.15, 0.2) is 0 Å². The van der Waals surface area contributed by atoms with Gasteiger partial charge in [0, 0.05) is 11.9 Å². The molecule has 0 aromatic heterocycles. The van der Waals surface area contributed by atoms with Gasteiger partial charge in [-0.05, 0) is 67.4 Å². The van der Waals surface area contributed by atoms with E-state index in [4.69, 9.17) is 18.9 Å². The number of carbonyl (C=O) groups excluding carboxylic acids is 2. The first kappa shape index (κ1) is 28.1. The van der Waals surface area contributed by atoms with Gasteiger partial charge in [-0.2, -0.15) is 0 Å². The second-order valence-corrected chi connectivity index (χ2v) is 8.86. The van der Waals surface area contributed by atoms with Crippen LogP contribution in [0, 0.1) is 0 Å². The first-order valence-corrected chi connectivity index (χ1v) is 13.3. The highest BCUT2D eigenvalue weighted by Crippen LogP contribution is 2.29. The number of carbonyl (C=O) groups is 2. The topological polar surface area (TPSA) is 74.3 Å². The molecule has 0 radical (unpaired) electrons. The largest absolute Gasteiger partial charge is 0.492 e. The molecule has 0 fully saturated rings. The van der Waals surface area contributed by atoms with E-state index in [0.29, 0.717) is 49.8 Å². The van der Waals surface area contributed by atoms with Crippen LogP contribution in [0.3, 0.4) is 0 Å². The number of alkyl halides is 1. The van der Waals surface area contributed by atoms with Crippen molar-refractivity contribution >= 4 is 33.6 Å². The van der Waals surface area contributed by atoms with Crippen molar-refractivity contribution in [1.82, 2.24) is 0 Å². The summed E-state index contributed by atoms with van der Waals surface area (Å²) < 4.78 is 21.9. The maximum Gasteiger partial charge on any atom is 0.338 e. The van der Waals surface area contributed by atoms with Crippen LogP contribution in [0.1, 0.15) is 39.6 Å². The number of halogens is 1. The lowest BCUT2D eigenvalue weighted by molar-refractivity contribution is 0.0525. The molecule has 37 heavy (non-hydrogen) atoms. The van der Waals surface area contributed by atoms with Crippen LogP contribution >= 0.6 is 15.9 Å².